The van der Waals surface area contributed by atoms with Crippen LogP contribution in [0, 0.1) is 0 Å². The standard InChI is InChI=1S/C9H20O4S/c1-13-8-6-4-2-3-5-7-9-14(10,11)12/h2-9H2,1H3,(H,10,11,12). The minimum absolute atomic E-state index is 0.106. The molecule has 0 unspecified atom stereocenters. The first-order chi connectivity index (χ1) is 6.56. The van der Waals surface area contributed by atoms with Crippen LogP contribution in [0.4, 0.5) is 0 Å². The summed E-state index contributed by atoms with van der Waals surface area (Å²) >= 11 is 0. The first-order valence-electron chi connectivity index (χ1n) is 5.00. The highest BCUT2D eigenvalue weighted by molar-refractivity contribution is 7.85. The van der Waals surface area contributed by atoms with Gasteiger partial charge in [-0.15, -0.1) is 0 Å². The number of methoxy groups -OCH3 is 1. The Morgan fingerprint density at radius 2 is 1.50 bits per heavy atom. The van der Waals surface area contributed by atoms with Crippen molar-refractivity contribution in [2.45, 2.75) is 38.5 Å². The van der Waals surface area contributed by atoms with E-state index in [-0.39, 0.29) is 5.75 Å². The molecule has 0 aromatic heterocycles. The molecule has 5 heteroatoms. The average Bonchev–Trinajstić information content (AvgIpc) is 2.08. The lowest BCUT2D eigenvalue weighted by Crippen LogP contribution is -2.03. The van der Waals surface area contributed by atoms with Gasteiger partial charge in [0.1, 0.15) is 0 Å². The molecule has 0 aliphatic carbocycles. The zero-order chi connectivity index (χ0) is 10.9. The second-order valence-corrected chi connectivity index (χ2v) is 4.97. The van der Waals surface area contributed by atoms with Gasteiger partial charge in [0.2, 0.25) is 0 Å². The van der Waals surface area contributed by atoms with Gasteiger partial charge in [-0.25, -0.2) is 0 Å². The van der Waals surface area contributed by atoms with Gasteiger partial charge in [0.15, 0.2) is 0 Å². The van der Waals surface area contributed by atoms with Crippen molar-refractivity contribution in [3.63, 3.8) is 0 Å². The Morgan fingerprint density at radius 3 is 2.00 bits per heavy atom. The predicted molar refractivity (Wildman–Crippen MR) is 56.0 cm³/mol. The van der Waals surface area contributed by atoms with Crippen molar-refractivity contribution in [3.8, 4) is 0 Å². The van der Waals surface area contributed by atoms with E-state index in [0.717, 1.165) is 38.7 Å². The Balaban J connectivity index is 3.07. The van der Waals surface area contributed by atoms with Crippen molar-refractivity contribution in [2.75, 3.05) is 19.5 Å². The molecule has 86 valence electrons. The lowest BCUT2D eigenvalue weighted by Gasteiger charge is -2.00. The third kappa shape index (κ3) is 11.9. The molecule has 0 fully saturated rings. The number of unbranched alkanes of at least 4 members (excludes halogenated alkanes) is 5. The zero-order valence-electron chi connectivity index (χ0n) is 8.74. The van der Waals surface area contributed by atoms with Gasteiger partial charge in [-0.2, -0.15) is 8.42 Å². The number of rotatable bonds is 9. The summed E-state index contributed by atoms with van der Waals surface area (Å²) < 4.78 is 34.0. The molecule has 0 aromatic carbocycles. The fourth-order valence-corrected chi connectivity index (χ4v) is 1.81. The van der Waals surface area contributed by atoms with Crippen LogP contribution in [0.3, 0.4) is 0 Å². The summed E-state index contributed by atoms with van der Waals surface area (Å²) in [5, 5.41) is 0. The summed E-state index contributed by atoms with van der Waals surface area (Å²) in [5.41, 5.74) is 0. The number of ether oxygens (including phenoxy) is 1. The number of hydrogen-bond acceptors (Lipinski definition) is 3. The van der Waals surface area contributed by atoms with Crippen LogP contribution in [0.15, 0.2) is 0 Å². The summed E-state index contributed by atoms with van der Waals surface area (Å²) in [6, 6.07) is 0. The molecule has 0 amide bonds. The van der Waals surface area contributed by atoms with E-state index in [1.54, 1.807) is 7.11 Å². The molecule has 1 N–H and O–H groups in total. The Morgan fingerprint density at radius 1 is 1.00 bits per heavy atom. The Bertz CT molecular complexity index is 211. The fraction of sp³-hybridized carbons (Fsp3) is 1.00. The third-order valence-corrected chi connectivity index (χ3v) is 2.81. The minimum Gasteiger partial charge on any atom is -0.385 e. The van der Waals surface area contributed by atoms with Crippen LogP contribution in [0.2, 0.25) is 0 Å². The second kappa shape index (κ2) is 8.20. The Kier molecular flexibility index (Phi) is 8.12. The van der Waals surface area contributed by atoms with Gasteiger partial charge in [-0.1, -0.05) is 25.7 Å². The Labute approximate surface area is 86.4 Å². The highest BCUT2D eigenvalue weighted by atomic mass is 32.2. The summed E-state index contributed by atoms with van der Waals surface area (Å²) in [4.78, 5) is 0. The molecule has 4 nitrogen and oxygen atoms in total. The maximum Gasteiger partial charge on any atom is 0.264 e. The number of hydrogen-bond donors (Lipinski definition) is 1. The lowest BCUT2D eigenvalue weighted by molar-refractivity contribution is 0.192. The first-order valence-corrected chi connectivity index (χ1v) is 6.61. The van der Waals surface area contributed by atoms with Crippen LogP contribution in [-0.4, -0.2) is 32.4 Å². The smallest absolute Gasteiger partial charge is 0.264 e. The molecule has 14 heavy (non-hydrogen) atoms. The van der Waals surface area contributed by atoms with E-state index in [4.69, 9.17) is 9.29 Å². The molecule has 0 heterocycles. The van der Waals surface area contributed by atoms with Gasteiger partial charge >= 0.3 is 0 Å². The second-order valence-electron chi connectivity index (χ2n) is 3.40. The van der Waals surface area contributed by atoms with Crippen LogP contribution >= 0.6 is 0 Å². The zero-order valence-corrected chi connectivity index (χ0v) is 9.55. The first kappa shape index (κ1) is 13.9. The van der Waals surface area contributed by atoms with Crippen molar-refractivity contribution in [3.05, 3.63) is 0 Å². The molecule has 0 spiro atoms. The average molecular weight is 224 g/mol. The van der Waals surface area contributed by atoms with Gasteiger partial charge in [-0.05, 0) is 12.8 Å². The minimum atomic E-state index is -3.75. The maximum atomic E-state index is 10.3. The van der Waals surface area contributed by atoms with E-state index in [2.05, 4.69) is 0 Å². The van der Waals surface area contributed by atoms with Gasteiger partial charge in [0.25, 0.3) is 10.1 Å². The van der Waals surface area contributed by atoms with Crippen LogP contribution in [0.25, 0.3) is 0 Å². The van der Waals surface area contributed by atoms with Gasteiger partial charge < -0.3 is 4.74 Å². The van der Waals surface area contributed by atoms with Crippen LogP contribution in [-0.2, 0) is 14.9 Å². The molecule has 0 bridgehead atoms. The largest absolute Gasteiger partial charge is 0.385 e. The van der Waals surface area contributed by atoms with E-state index < -0.39 is 10.1 Å². The summed E-state index contributed by atoms with van der Waals surface area (Å²) in [5.74, 6) is -0.106. The van der Waals surface area contributed by atoms with Gasteiger partial charge in [0, 0.05) is 13.7 Å². The summed E-state index contributed by atoms with van der Waals surface area (Å²) in [7, 11) is -2.06. The molecule has 0 saturated carbocycles. The molecule has 0 aromatic rings. The summed E-state index contributed by atoms with van der Waals surface area (Å²) in [6.07, 6.45) is 5.75. The Hall–Kier alpha value is -0.130. The van der Waals surface area contributed by atoms with Crippen LogP contribution < -0.4 is 0 Å². The fourth-order valence-electron chi connectivity index (χ4n) is 1.24. The lowest BCUT2D eigenvalue weighted by atomic mass is 10.1. The van der Waals surface area contributed by atoms with Crippen molar-refractivity contribution in [1.29, 1.82) is 0 Å². The van der Waals surface area contributed by atoms with E-state index in [1.807, 2.05) is 0 Å². The molecule has 0 aliphatic heterocycles. The molecule has 0 rings (SSSR count). The highest BCUT2D eigenvalue weighted by Crippen LogP contribution is 2.06. The maximum absolute atomic E-state index is 10.3. The van der Waals surface area contributed by atoms with E-state index in [9.17, 15) is 8.42 Å². The molecule has 0 atom stereocenters. The van der Waals surface area contributed by atoms with Crippen molar-refractivity contribution in [1.82, 2.24) is 0 Å². The molecule has 0 aliphatic rings. The highest BCUT2D eigenvalue weighted by Gasteiger charge is 2.02. The molecule has 0 saturated heterocycles. The van der Waals surface area contributed by atoms with E-state index in [0.29, 0.717) is 6.42 Å². The van der Waals surface area contributed by atoms with Crippen molar-refractivity contribution >= 4 is 10.1 Å². The van der Waals surface area contributed by atoms with Gasteiger partial charge in [-0.3, -0.25) is 4.55 Å². The summed E-state index contributed by atoms with van der Waals surface area (Å²) in [6.45, 7) is 0.797. The van der Waals surface area contributed by atoms with Crippen LogP contribution in [0.5, 0.6) is 0 Å². The third-order valence-electron chi connectivity index (χ3n) is 2.00. The monoisotopic (exact) mass is 224 g/mol. The molecular formula is C9H20O4S. The SMILES string of the molecule is COCCCCCCCCS(=O)(=O)O. The predicted octanol–water partition coefficient (Wildman–Crippen LogP) is 1.86. The van der Waals surface area contributed by atoms with Crippen LogP contribution in [0.1, 0.15) is 38.5 Å². The van der Waals surface area contributed by atoms with Gasteiger partial charge in [0.05, 0.1) is 5.75 Å². The van der Waals surface area contributed by atoms with E-state index >= 15 is 0 Å². The molecule has 0 radical (unpaired) electrons. The quantitative estimate of drug-likeness (QED) is 0.479. The normalized spacial score (nSPS) is 11.9. The topological polar surface area (TPSA) is 63.6 Å². The molecular weight excluding hydrogens is 204 g/mol. The van der Waals surface area contributed by atoms with Crippen molar-refractivity contribution < 1.29 is 17.7 Å². The van der Waals surface area contributed by atoms with E-state index in [1.165, 1.54) is 0 Å². The van der Waals surface area contributed by atoms with Crippen molar-refractivity contribution in [2.24, 2.45) is 0 Å².